The zero-order chi connectivity index (χ0) is 18.5. The first-order valence-corrected chi connectivity index (χ1v) is 8.64. The van der Waals surface area contributed by atoms with Gasteiger partial charge < -0.3 is 20.5 Å². The average Bonchev–Trinajstić information content (AvgIpc) is 2.86. The van der Waals surface area contributed by atoms with Gasteiger partial charge in [-0.2, -0.15) is 0 Å². The molecule has 1 atom stereocenters. The van der Waals surface area contributed by atoms with Gasteiger partial charge in [-0.25, -0.2) is 0 Å². The van der Waals surface area contributed by atoms with Gasteiger partial charge in [0.15, 0.2) is 11.5 Å². The van der Waals surface area contributed by atoms with Crippen molar-refractivity contribution in [2.75, 3.05) is 13.2 Å². The van der Waals surface area contributed by atoms with Crippen LogP contribution < -0.4 is 20.5 Å². The van der Waals surface area contributed by atoms with Gasteiger partial charge in [0.1, 0.15) is 6.04 Å². The quantitative estimate of drug-likeness (QED) is 0.840. The summed E-state index contributed by atoms with van der Waals surface area (Å²) in [5.74, 6) is 0.0457. The summed E-state index contributed by atoms with van der Waals surface area (Å²) in [5, 5.41) is 3.05. The fraction of sp³-hybridized carbons (Fsp3) is 0.263. The number of carbonyl (C=O) groups is 2. The van der Waals surface area contributed by atoms with E-state index in [9.17, 15) is 9.59 Å². The first-order valence-electron chi connectivity index (χ1n) is 8.26. The van der Waals surface area contributed by atoms with Crippen molar-refractivity contribution in [3.63, 3.8) is 0 Å². The maximum absolute atomic E-state index is 12.4. The molecule has 3 N–H and O–H groups in total. The summed E-state index contributed by atoms with van der Waals surface area (Å²) in [7, 11) is 0. The fourth-order valence-corrected chi connectivity index (χ4v) is 3.04. The van der Waals surface area contributed by atoms with Gasteiger partial charge in [-0.3, -0.25) is 9.59 Å². The van der Waals surface area contributed by atoms with Gasteiger partial charge in [0, 0.05) is 6.42 Å². The maximum Gasteiger partial charge on any atom is 0.244 e. The van der Waals surface area contributed by atoms with E-state index in [4.69, 9.17) is 26.8 Å². The minimum atomic E-state index is -0.889. The van der Waals surface area contributed by atoms with Crippen LogP contribution in [0.15, 0.2) is 42.5 Å². The lowest BCUT2D eigenvalue weighted by Gasteiger charge is -2.16. The molecule has 136 valence electrons. The molecule has 7 heteroatoms. The highest BCUT2D eigenvalue weighted by Crippen LogP contribution is 2.38. The highest BCUT2D eigenvalue weighted by atomic mass is 35.5. The predicted octanol–water partition coefficient (Wildman–Crippen LogP) is 2.39. The summed E-state index contributed by atoms with van der Waals surface area (Å²) in [6.07, 6.45) is 0.797. The smallest absolute Gasteiger partial charge is 0.244 e. The van der Waals surface area contributed by atoms with Gasteiger partial charge >= 0.3 is 0 Å². The second-order valence-electron chi connectivity index (χ2n) is 5.95. The summed E-state index contributed by atoms with van der Waals surface area (Å²) in [5.41, 5.74) is 6.72. The lowest BCUT2D eigenvalue weighted by molar-refractivity contribution is -0.127. The van der Waals surface area contributed by atoms with Crippen LogP contribution in [0.1, 0.15) is 23.6 Å². The third kappa shape index (κ3) is 4.26. The number of fused-ring (bicyclic) bond motifs is 1. The van der Waals surface area contributed by atoms with E-state index in [0.717, 1.165) is 6.42 Å². The number of amides is 2. The number of ether oxygens (including phenoxy) is 2. The summed E-state index contributed by atoms with van der Waals surface area (Å²) < 4.78 is 11.2. The Kier molecular flexibility index (Phi) is 5.63. The van der Waals surface area contributed by atoms with Crippen LogP contribution in [0.5, 0.6) is 11.5 Å². The zero-order valence-corrected chi connectivity index (χ0v) is 14.8. The van der Waals surface area contributed by atoms with Gasteiger partial charge in [0.2, 0.25) is 11.8 Å². The van der Waals surface area contributed by atoms with Crippen molar-refractivity contribution in [2.45, 2.75) is 18.9 Å². The van der Waals surface area contributed by atoms with Crippen LogP contribution in [0, 0.1) is 0 Å². The molecular weight excluding hydrogens is 356 g/mol. The molecule has 0 aliphatic carbocycles. The number of nitrogens with one attached hydrogen (secondary N) is 1. The number of hydrogen-bond donors (Lipinski definition) is 2. The van der Waals surface area contributed by atoms with Crippen molar-refractivity contribution in [1.82, 2.24) is 5.32 Å². The molecule has 6 nitrogen and oxygen atoms in total. The van der Waals surface area contributed by atoms with Crippen molar-refractivity contribution >= 4 is 23.4 Å². The van der Waals surface area contributed by atoms with E-state index in [2.05, 4.69) is 5.32 Å². The van der Waals surface area contributed by atoms with Gasteiger partial charge in [-0.1, -0.05) is 41.9 Å². The Morgan fingerprint density at radius 1 is 1.15 bits per heavy atom. The molecule has 1 aliphatic heterocycles. The largest absolute Gasteiger partial charge is 0.489 e. The Morgan fingerprint density at radius 3 is 2.62 bits per heavy atom. The lowest BCUT2D eigenvalue weighted by atomic mass is 10.1. The van der Waals surface area contributed by atoms with Crippen molar-refractivity contribution in [1.29, 1.82) is 0 Å². The molecule has 2 aromatic carbocycles. The molecule has 0 radical (unpaired) electrons. The van der Waals surface area contributed by atoms with Gasteiger partial charge in [0.25, 0.3) is 0 Å². The monoisotopic (exact) mass is 374 g/mol. The minimum absolute atomic E-state index is 0.0347. The van der Waals surface area contributed by atoms with Crippen LogP contribution in [-0.4, -0.2) is 25.0 Å². The SMILES string of the molecule is NC(=O)C(NC(=O)Cc1cc(Cl)c2c(c1)OCCCO2)c1ccccc1. The molecule has 0 fully saturated rings. The fourth-order valence-electron chi connectivity index (χ4n) is 2.75. The Labute approximate surface area is 156 Å². The summed E-state index contributed by atoms with van der Waals surface area (Å²) >= 11 is 6.24. The van der Waals surface area contributed by atoms with E-state index in [1.165, 1.54) is 0 Å². The first kappa shape index (κ1) is 18.1. The molecule has 26 heavy (non-hydrogen) atoms. The van der Waals surface area contributed by atoms with Crippen molar-refractivity contribution in [2.24, 2.45) is 5.73 Å². The Morgan fingerprint density at radius 2 is 1.88 bits per heavy atom. The number of carbonyl (C=O) groups excluding carboxylic acids is 2. The number of benzene rings is 2. The highest BCUT2D eigenvalue weighted by molar-refractivity contribution is 6.32. The second-order valence-corrected chi connectivity index (χ2v) is 6.35. The Bertz CT molecular complexity index is 811. The van der Waals surface area contributed by atoms with Crippen LogP contribution in [0.2, 0.25) is 5.02 Å². The third-order valence-electron chi connectivity index (χ3n) is 3.95. The van der Waals surface area contributed by atoms with Gasteiger partial charge in [-0.05, 0) is 23.3 Å². The van der Waals surface area contributed by atoms with Crippen molar-refractivity contribution in [3.8, 4) is 11.5 Å². The predicted molar refractivity (Wildman–Crippen MR) is 97.3 cm³/mol. The standard InChI is InChI=1S/C19H19ClN2O4/c20-14-9-12(10-15-18(14)26-8-4-7-25-15)11-16(23)22-17(19(21)24)13-5-2-1-3-6-13/h1-3,5-6,9-10,17H,4,7-8,11H2,(H2,21,24)(H,22,23). The minimum Gasteiger partial charge on any atom is -0.489 e. The topological polar surface area (TPSA) is 90.7 Å². The normalized spacial score (nSPS) is 14.2. The molecule has 1 unspecified atom stereocenters. The highest BCUT2D eigenvalue weighted by Gasteiger charge is 2.21. The number of rotatable bonds is 5. The Hall–Kier alpha value is -2.73. The van der Waals surface area contributed by atoms with E-state index in [0.29, 0.717) is 40.9 Å². The summed E-state index contributed by atoms with van der Waals surface area (Å²) in [6, 6.07) is 11.4. The molecule has 1 heterocycles. The van der Waals surface area contributed by atoms with Crippen molar-refractivity contribution < 1.29 is 19.1 Å². The van der Waals surface area contributed by atoms with Gasteiger partial charge in [-0.15, -0.1) is 0 Å². The number of halogens is 1. The molecular formula is C19H19ClN2O4. The molecule has 2 amide bonds. The molecule has 0 spiro atoms. The first-order chi connectivity index (χ1) is 12.5. The van der Waals surface area contributed by atoms with Crippen molar-refractivity contribution in [3.05, 3.63) is 58.6 Å². The van der Waals surface area contributed by atoms with E-state index < -0.39 is 11.9 Å². The van der Waals surface area contributed by atoms with E-state index >= 15 is 0 Å². The molecule has 0 saturated heterocycles. The molecule has 2 aromatic rings. The Balaban J connectivity index is 1.74. The number of primary amides is 1. The van der Waals surface area contributed by atoms with Gasteiger partial charge in [0.05, 0.1) is 24.7 Å². The third-order valence-corrected chi connectivity index (χ3v) is 4.23. The zero-order valence-electron chi connectivity index (χ0n) is 14.0. The summed E-state index contributed by atoms with van der Waals surface area (Å²) in [6.45, 7) is 1.06. The lowest BCUT2D eigenvalue weighted by Crippen LogP contribution is -2.38. The average molecular weight is 375 g/mol. The van der Waals surface area contributed by atoms with Crippen LogP contribution in [0.25, 0.3) is 0 Å². The van der Waals surface area contributed by atoms with Crippen LogP contribution in [0.3, 0.4) is 0 Å². The van der Waals surface area contributed by atoms with Crippen LogP contribution in [-0.2, 0) is 16.0 Å². The number of hydrogen-bond acceptors (Lipinski definition) is 4. The molecule has 3 rings (SSSR count). The van der Waals surface area contributed by atoms with E-state index in [1.807, 2.05) is 6.07 Å². The maximum atomic E-state index is 12.4. The second kappa shape index (κ2) is 8.10. The van der Waals surface area contributed by atoms with Crippen LogP contribution >= 0.6 is 11.6 Å². The van der Waals surface area contributed by atoms with Crippen LogP contribution in [0.4, 0.5) is 0 Å². The number of nitrogens with two attached hydrogens (primary N) is 1. The molecule has 0 bridgehead atoms. The molecule has 0 saturated carbocycles. The molecule has 0 aromatic heterocycles. The summed E-state index contributed by atoms with van der Waals surface area (Å²) in [4.78, 5) is 24.1. The molecule has 1 aliphatic rings. The van der Waals surface area contributed by atoms with E-state index in [1.54, 1.807) is 36.4 Å². The van der Waals surface area contributed by atoms with E-state index in [-0.39, 0.29) is 12.3 Å².